The summed E-state index contributed by atoms with van der Waals surface area (Å²) < 4.78 is 31.5. The first-order valence-electron chi connectivity index (χ1n) is 5.50. The van der Waals surface area contributed by atoms with Crippen molar-refractivity contribution in [3.63, 3.8) is 0 Å². The maximum absolute atomic E-state index is 13.5. The molecule has 2 rings (SSSR count). The van der Waals surface area contributed by atoms with Crippen LogP contribution in [-0.4, -0.2) is 24.1 Å². The summed E-state index contributed by atoms with van der Waals surface area (Å²) in [5.41, 5.74) is -0.334. The Labute approximate surface area is 107 Å². The molecule has 1 aromatic carbocycles. The van der Waals surface area contributed by atoms with Crippen molar-refractivity contribution in [2.75, 3.05) is 12.4 Å². The monoisotopic (exact) mass is 271 g/mol. The van der Waals surface area contributed by atoms with Crippen molar-refractivity contribution in [2.45, 2.75) is 6.42 Å². The number of halogens is 2. The maximum Gasteiger partial charge on any atom is 0.307 e. The van der Waals surface area contributed by atoms with Crippen LogP contribution < -0.4 is 10.1 Å². The number of hydrogen-bond donors (Lipinski definition) is 2. The minimum absolute atomic E-state index is 0.210. The van der Waals surface area contributed by atoms with Crippen molar-refractivity contribution in [3.05, 3.63) is 23.8 Å². The van der Waals surface area contributed by atoms with Crippen LogP contribution in [-0.2, 0) is 9.59 Å². The van der Waals surface area contributed by atoms with Crippen LogP contribution in [0.5, 0.6) is 5.75 Å². The maximum atomic E-state index is 13.5. The van der Waals surface area contributed by atoms with Crippen LogP contribution >= 0.6 is 0 Å². The second-order valence-corrected chi connectivity index (χ2v) is 4.24. The third-order valence-corrected chi connectivity index (χ3v) is 2.94. The third-order valence-electron chi connectivity index (χ3n) is 2.94. The minimum atomic E-state index is -1.07. The number of carboxylic acids is 1. The summed E-state index contributed by atoms with van der Waals surface area (Å²) in [7, 11) is 1.19. The topological polar surface area (TPSA) is 75.6 Å². The van der Waals surface area contributed by atoms with E-state index >= 15 is 0 Å². The van der Waals surface area contributed by atoms with Crippen LogP contribution in [0.25, 0.3) is 0 Å². The van der Waals surface area contributed by atoms with E-state index in [0.29, 0.717) is 0 Å². The summed E-state index contributed by atoms with van der Waals surface area (Å²) in [6, 6.07) is 1.61. The molecule has 0 heterocycles. The lowest BCUT2D eigenvalue weighted by Gasteiger charge is -2.08. The molecule has 0 radical (unpaired) electrons. The smallest absolute Gasteiger partial charge is 0.307 e. The van der Waals surface area contributed by atoms with Gasteiger partial charge in [0.25, 0.3) is 0 Å². The Hall–Kier alpha value is -2.18. The number of aliphatic carboxylic acids is 1. The third kappa shape index (κ3) is 2.64. The van der Waals surface area contributed by atoms with Gasteiger partial charge >= 0.3 is 5.97 Å². The fourth-order valence-corrected chi connectivity index (χ4v) is 1.76. The Morgan fingerprint density at radius 2 is 2.00 bits per heavy atom. The number of ether oxygens (including phenoxy) is 1. The zero-order chi connectivity index (χ0) is 14.2. The van der Waals surface area contributed by atoms with Crippen molar-refractivity contribution in [1.29, 1.82) is 0 Å². The summed E-state index contributed by atoms with van der Waals surface area (Å²) in [6.45, 7) is 0. The molecule has 1 aliphatic rings. The molecule has 2 unspecified atom stereocenters. The van der Waals surface area contributed by atoms with Crippen LogP contribution in [0.15, 0.2) is 12.1 Å². The first-order chi connectivity index (χ1) is 8.93. The van der Waals surface area contributed by atoms with Gasteiger partial charge in [-0.1, -0.05) is 0 Å². The molecule has 7 heteroatoms. The Balaban J connectivity index is 2.10. The zero-order valence-electron chi connectivity index (χ0n) is 9.94. The van der Waals surface area contributed by atoms with E-state index in [1.54, 1.807) is 0 Å². The lowest BCUT2D eigenvalue weighted by Crippen LogP contribution is -2.17. The van der Waals surface area contributed by atoms with E-state index in [1.165, 1.54) is 7.11 Å². The van der Waals surface area contributed by atoms with Gasteiger partial charge in [-0.05, 0) is 6.42 Å². The molecule has 102 valence electrons. The van der Waals surface area contributed by atoms with Gasteiger partial charge in [0.1, 0.15) is 0 Å². The van der Waals surface area contributed by atoms with Crippen LogP contribution in [0.2, 0.25) is 0 Å². The molecule has 1 saturated carbocycles. The van der Waals surface area contributed by atoms with Gasteiger partial charge < -0.3 is 15.2 Å². The van der Waals surface area contributed by atoms with Gasteiger partial charge in [0.05, 0.1) is 24.6 Å². The van der Waals surface area contributed by atoms with Gasteiger partial charge in [-0.15, -0.1) is 0 Å². The minimum Gasteiger partial charge on any atom is -0.494 e. The quantitative estimate of drug-likeness (QED) is 0.872. The Bertz CT molecular complexity index is 547. The van der Waals surface area contributed by atoms with E-state index < -0.39 is 35.3 Å². The number of methoxy groups -OCH3 is 1. The summed E-state index contributed by atoms with van der Waals surface area (Å²) in [6.07, 6.45) is 0.210. The molecule has 1 amide bonds. The number of rotatable bonds is 4. The van der Waals surface area contributed by atoms with Crippen molar-refractivity contribution in [2.24, 2.45) is 11.8 Å². The van der Waals surface area contributed by atoms with Crippen molar-refractivity contribution >= 4 is 17.6 Å². The summed E-state index contributed by atoms with van der Waals surface area (Å²) in [5.74, 6) is -5.07. The van der Waals surface area contributed by atoms with E-state index in [-0.39, 0.29) is 17.9 Å². The highest BCUT2D eigenvalue weighted by atomic mass is 19.1. The van der Waals surface area contributed by atoms with Crippen molar-refractivity contribution < 1.29 is 28.2 Å². The van der Waals surface area contributed by atoms with Crippen molar-refractivity contribution in [1.82, 2.24) is 0 Å². The summed E-state index contributed by atoms with van der Waals surface area (Å²) >= 11 is 0. The molecule has 0 spiro atoms. The molecule has 0 aliphatic heterocycles. The van der Waals surface area contributed by atoms with Crippen LogP contribution in [0, 0.1) is 23.5 Å². The Morgan fingerprint density at radius 1 is 1.32 bits per heavy atom. The average molecular weight is 271 g/mol. The molecule has 2 atom stereocenters. The number of hydrogen-bond acceptors (Lipinski definition) is 3. The number of amides is 1. The zero-order valence-corrected chi connectivity index (χ0v) is 9.94. The van der Waals surface area contributed by atoms with Gasteiger partial charge in [-0.2, -0.15) is 0 Å². The predicted octanol–water partition coefficient (Wildman–Crippen LogP) is 1.63. The van der Waals surface area contributed by atoms with Gasteiger partial charge in [0.2, 0.25) is 5.91 Å². The fourth-order valence-electron chi connectivity index (χ4n) is 1.76. The number of carbonyl (C=O) groups excluding carboxylic acids is 1. The second-order valence-electron chi connectivity index (χ2n) is 4.24. The normalized spacial score (nSPS) is 20.8. The molecule has 1 fully saturated rings. The molecule has 0 bridgehead atoms. The van der Waals surface area contributed by atoms with E-state index in [9.17, 15) is 18.4 Å². The van der Waals surface area contributed by atoms with Crippen molar-refractivity contribution in [3.8, 4) is 5.75 Å². The lowest BCUT2D eigenvalue weighted by atomic mass is 10.2. The Kier molecular flexibility index (Phi) is 3.37. The molecule has 1 aromatic rings. The standard InChI is InChI=1S/C12H11F2NO4/c1-19-10-4-7(13)9(3-8(10)14)15-11(16)5-2-6(5)12(17)18/h3-6H,2H2,1H3,(H,15,16)(H,17,18). The summed E-state index contributed by atoms with van der Waals surface area (Å²) in [4.78, 5) is 22.2. The van der Waals surface area contributed by atoms with E-state index in [4.69, 9.17) is 5.11 Å². The molecule has 0 aromatic heterocycles. The van der Waals surface area contributed by atoms with E-state index in [1.807, 2.05) is 0 Å². The molecular weight excluding hydrogens is 260 g/mol. The first kappa shape index (κ1) is 13.3. The van der Waals surface area contributed by atoms with E-state index in [0.717, 1.165) is 12.1 Å². The highest BCUT2D eigenvalue weighted by Crippen LogP contribution is 2.39. The number of benzene rings is 1. The number of carboxylic acid groups (broad SMARTS) is 1. The molecular formula is C12H11F2NO4. The molecule has 19 heavy (non-hydrogen) atoms. The molecule has 1 aliphatic carbocycles. The number of nitrogens with one attached hydrogen (secondary N) is 1. The van der Waals surface area contributed by atoms with Crippen LogP contribution in [0.1, 0.15) is 6.42 Å². The largest absolute Gasteiger partial charge is 0.494 e. The van der Waals surface area contributed by atoms with Gasteiger partial charge in [0.15, 0.2) is 17.4 Å². The van der Waals surface area contributed by atoms with Gasteiger partial charge in [-0.3, -0.25) is 9.59 Å². The second kappa shape index (κ2) is 4.83. The molecule has 2 N–H and O–H groups in total. The van der Waals surface area contributed by atoms with Gasteiger partial charge in [0, 0.05) is 12.1 Å². The van der Waals surface area contributed by atoms with Crippen LogP contribution in [0.3, 0.4) is 0 Å². The Morgan fingerprint density at radius 3 is 2.53 bits per heavy atom. The average Bonchev–Trinajstić information content (AvgIpc) is 3.13. The first-order valence-corrected chi connectivity index (χ1v) is 5.50. The number of carbonyl (C=O) groups is 2. The van der Waals surface area contributed by atoms with Crippen LogP contribution in [0.4, 0.5) is 14.5 Å². The van der Waals surface area contributed by atoms with Gasteiger partial charge in [-0.25, -0.2) is 8.78 Å². The summed E-state index contributed by atoms with van der Waals surface area (Å²) in [5, 5.41) is 10.9. The molecule has 5 nitrogen and oxygen atoms in total. The predicted molar refractivity (Wildman–Crippen MR) is 60.8 cm³/mol. The molecule has 0 saturated heterocycles. The highest BCUT2D eigenvalue weighted by Gasteiger charge is 2.48. The SMILES string of the molecule is COc1cc(F)c(NC(=O)C2CC2C(=O)O)cc1F. The van der Waals surface area contributed by atoms with E-state index in [2.05, 4.69) is 10.1 Å². The fraction of sp³-hybridized carbons (Fsp3) is 0.333. The number of anilines is 1. The highest BCUT2D eigenvalue weighted by molar-refractivity contribution is 5.98. The lowest BCUT2D eigenvalue weighted by molar-refractivity contribution is -0.139.